The van der Waals surface area contributed by atoms with Gasteiger partial charge in [0, 0.05) is 11.5 Å². The second kappa shape index (κ2) is 3.81. The van der Waals surface area contributed by atoms with Gasteiger partial charge in [0.25, 0.3) is 0 Å². The molecular formula is C11H10BrFO. The molecule has 74 valence electrons. The van der Waals surface area contributed by atoms with Gasteiger partial charge in [-0.2, -0.15) is 0 Å². The minimum absolute atomic E-state index is 0.150. The fourth-order valence-corrected chi connectivity index (χ4v) is 1.93. The summed E-state index contributed by atoms with van der Waals surface area (Å²) < 4.78 is 13.3. The van der Waals surface area contributed by atoms with Crippen LogP contribution in [0.1, 0.15) is 29.6 Å². The van der Waals surface area contributed by atoms with Crippen molar-refractivity contribution in [2.45, 2.75) is 19.3 Å². The number of carbonyl (C=O) groups excluding carboxylic acids is 1. The molecule has 1 aromatic carbocycles. The third-order valence-corrected chi connectivity index (χ3v) is 3.29. The summed E-state index contributed by atoms with van der Waals surface area (Å²) in [5.74, 6) is -0.000490. The number of rotatable bonds is 2. The summed E-state index contributed by atoms with van der Waals surface area (Å²) in [5, 5.41) is 0. The van der Waals surface area contributed by atoms with Gasteiger partial charge in [-0.1, -0.05) is 6.42 Å². The number of benzene rings is 1. The highest BCUT2D eigenvalue weighted by Gasteiger charge is 2.26. The van der Waals surface area contributed by atoms with E-state index in [0.29, 0.717) is 10.0 Å². The molecule has 0 heterocycles. The van der Waals surface area contributed by atoms with Gasteiger partial charge < -0.3 is 0 Å². The van der Waals surface area contributed by atoms with Crippen molar-refractivity contribution in [2.24, 2.45) is 5.92 Å². The van der Waals surface area contributed by atoms with Gasteiger partial charge in [-0.3, -0.25) is 4.79 Å². The van der Waals surface area contributed by atoms with Crippen molar-refractivity contribution >= 4 is 21.7 Å². The first-order valence-corrected chi connectivity index (χ1v) is 5.47. The van der Waals surface area contributed by atoms with Crippen LogP contribution >= 0.6 is 15.9 Å². The average molecular weight is 257 g/mol. The first-order valence-electron chi connectivity index (χ1n) is 4.68. The first kappa shape index (κ1) is 9.84. The lowest BCUT2D eigenvalue weighted by molar-refractivity contribution is 0.0855. The molecule has 2 rings (SSSR count). The summed E-state index contributed by atoms with van der Waals surface area (Å²) in [6.07, 6.45) is 3.10. The zero-order valence-corrected chi connectivity index (χ0v) is 9.18. The zero-order valence-electron chi connectivity index (χ0n) is 7.59. The SMILES string of the molecule is O=C(c1ccc(F)c(Br)c1)C1CCC1. The molecule has 1 aromatic rings. The maximum absolute atomic E-state index is 12.9. The lowest BCUT2D eigenvalue weighted by Crippen LogP contribution is -2.21. The molecule has 0 atom stereocenters. The van der Waals surface area contributed by atoms with Gasteiger partial charge in [0.1, 0.15) is 5.82 Å². The Morgan fingerprint density at radius 3 is 2.64 bits per heavy atom. The Morgan fingerprint density at radius 2 is 2.14 bits per heavy atom. The van der Waals surface area contributed by atoms with Crippen molar-refractivity contribution in [3.8, 4) is 0 Å². The van der Waals surface area contributed by atoms with Crippen LogP contribution in [0.4, 0.5) is 4.39 Å². The largest absolute Gasteiger partial charge is 0.294 e. The third-order valence-electron chi connectivity index (χ3n) is 2.68. The molecule has 1 aliphatic rings. The summed E-state index contributed by atoms with van der Waals surface area (Å²) in [7, 11) is 0. The molecule has 14 heavy (non-hydrogen) atoms. The molecule has 0 spiro atoms. The summed E-state index contributed by atoms with van der Waals surface area (Å²) in [4.78, 5) is 11.7. The van der Waals surface area contributed by atoms with E-state index >= 15 is 0 Å². The molecule has 0 unspecified atom stereocenters. The second-order valence-corrected chi connectivity index (χ2v) is 4.48. The maximum Gasteiger partial charge on any atom is 0.165 e. The van der Waals surface area contributed by atoms with E-state index in [0.717, 1.165) is 19.3 Å². The molecular weight excluding hydrogens is 247 g/mol. The smallest absolute Gasteiger partial charge is 0.165 e. The quantitative estimate of drug-likeness (QED) is 0.740. The number of halogens is 2. The Kier molecular flexibility index (Phi) is 2.68. The van der Waals surface area contributed by atoms with Crippen LogP contribution in [0.2, 0.25) is 0 Å². The van der Waals surface area contributed by atoms with E-state index in [-0.39, 0.29) is 17.5 Å². The number of hydrogen-bond donors (Lipinski definition) is 0. The maximum atomic E-state index is 12.9. The topological polar surface area (TPSA) is 17.1 Å². The molecule has 3 heteroatoms. The van der Waals surface area contributed by atoms with E-state index in [9.17, 15) is 9.18 Å². The molecule has 0 saturated heterocycles. The van der Waals surface area contributed by atoms with Gasteiger partial charge in [0.15, 0.2) is 5.78 Å². The van der Waals surface area contributed by atoms with E-state index in [2.05, 4.69) is 15.9 Å². The van der Waals surface area contributed by atoms with Gasteiger partial charge in [-0.25, -0.2) is 4.39 Å². The van der Waals surface area contributed by atoms with Gasteiger partial charge >= 0.3 is 0 Å². The molecule has 1 saturated carbocycles. The van der Waals surface area contributed by atoms with E-state index in [1.54, 1.807) is 12.1 Å². The average Bonchev–Trinajstić information content (AvgIpc) is 2.06. The van der Waals surface area contributed by atoms with Gasteiger partial charge in [-0.05, 0) is 47.0 Å². The van der Waals surface area contributed by atoms with Crippen molar-refractivity contribution < 1.29 is 9.18 Å². The van der Waals surface area contributed by atoms with Crippen molar-refractivity contribution in [3.63, 3.8) is 0 Å². The Balaban J connectivity index is 2.23. The molecule has 0 aromatic heterocycles. The molecule has 0 N–H and O–H groups in total. The molecule has 0 amide bonds. The lowest BCUT2D eigenvalue weighted by Gasteiger charge is -2.23. The highest BCUT2D eigenvalue weighted by molar-refractivity contribution is 9.10. The van der Waals surface area contributed by atoms with Crippen molar-refractivity contribution in [1.82, 2.24) is 0 Å². The van der Waals surface area contributed by atoms with Crippen LogP contribution in [-0.4, -0.2) is 5.78 Å². The van der Waals surface area contributed by atoms with Crippen molar-refractivity contribution in [1.29, 1.82) is 0 Å². The predicted octanol–water partition coefficient (Wildman–Crippen LogP) is 3.57. The van der Waals surface area contributed by atoms with Crippen molar-refractivity contribution in [2.75, 3.05) is 0 Å². The minimum Gasteiger partial charge on any atom is -0.294 e. The summed E-state index contributed by atoms with van der Waals surface area (Å²) in [5.41, 5.74) is 0.614. The molecule has 1 aliphatic carbocycles. The predicted molar refractivity (Wildman–Crippen MR) is 55.8 cm³/mol. The second-order valence-electron chi connectivity index (χ2n) is 3.62. The van der Waals surface area contributed by atoms with E-state index in [1.807, 2.05) is 0 Å². The Hall–Kier alpha value is -0.700. The van der Waals surface area contributed by atoms with Crippen LogP contribution in [0, 0.1) is 11.7 Å². The van der Waals surface area contributed by atoms with Crippen LogP contribution in [0.15, 0.2) is 22.7 Å². The standard InChI is InChI=1S/C11H10BrFO/c12-9-6-8(4-5-10(9)13)11(14)7-2-1-3-7/h4-7H,1-3H2. The van der Waals surface area contributed by atoms with Crippen LogP contribution in [0.25, 0.3) is 0 Å². The van der Waals surface area contributed by atoms with Crippen LogP contribution in [0.5, 0.6) is 0 Å². The van der Waals surface area contributed by atoms with E-state index < -0.39 is 0 Å². The fraction of sp³-hybridized carbons (Fsp3) is 0.364. The van der Waals surface area contributed by atoms with Gasteiger partial charge in [0.05, 0.1) is 4.47 Å². The lowest BCUT2D eigenvalue weighted by atomic mass is 9.80. The fourth-order valence-electron chi connectivity index (χ4n) is 1.56. The van der Waals surface area contributed by atoms with Crippen LogP contribution < -0.4 is 0 Å². The number of ketones is 1. The van der Waals surface area contributed by atoms with Gasteiger partial charge in [-0.15, -0.1) is 0 Å². The van der Waals surface area contributed by atoms with Gasteiger partial charge in [0.2, 0.25) is 0 Å². The number of Topliss-reactive ketones (excluding diaryl/α,β-unsaturated/α-hetero) is 1. The number of carbonyl (C=O) groups is 1. The molecule has 0 bridgehead atoms. The highest BCUT2D eigenvalue weighted by Crippen LogP contribution is 2.30. The Morgan fingerprint density at radius 1 is 1.43 bits per heavy atom. The number of hydrogen-bond acceptors (Lipinski definition) is 1. The van der Waals surface area contributed by atoms with Crippen molar-refractivity contribution in [3.05, 3.63) is 34.1 Å². The normalized spacial score (nSPS) is 16.4. The Bertz CT molecular complexity index is 372. The zero-order chi connectivity index (χ0) is 10.1. The summed E-state index contributed by atoms with van der Waals surface area (Å²) >= 11 is 3.08. The monoisotopic (exact) mass is 256 g/mol. The van der Waals surface area contributed by atoms with E-state index in [1.165, 1.54) is 6.07 Å². The van der Waals surface area contributed by atoms with Crippen LogP contribution in [0.3, 0.4) is 0 Å². The molecule has 0 radical (unpaired) electrons. The third kappa shape index (κ3) is 1.73. The summed E-state index contributed by atoms with van der Waals surface area (Å²) in [6.45, 7) is 0. The van der Waals surface area contributed by atoms with Crippen LogP contribution in [-0.2, 0) is 0 Å². The summed E-state index contributed by atoms with van der Waals surface area (Å²) in [6, 6.07) is 4.45. The molecule has 1 nitrogen and oxygen atoms in total. The van der Waals surface area contributed by atoms with E-state index in [4.69, 9.17) is 0 Å². The molecule has 0 aliphatic heterocycles. The first-order chi connectivity index (χ1) is 6.68. The highest BCUT2D eigenvalue weighted by atomic mass is 79.9. The minimum atomic E-state index is -0.324. The molecule has 1 fully saturated rings. The Labute approximate surface area is 90.4 Å².